The van der Waals surface area contributed by atoms with Crippen LogP contribution in [0.2, 0.25) is 5.02 Å². The predicted molar refractivity (Wildman–Crippen MR) is 78.2 cm³/mol. The molecule has 2 rings (SSSR count). The molecule has 106 valence electrons. The third kappa shape index (κ3) is 3.25. The number of nitrogens with one attached hydrogen (secondary N) is 1. The second kappa shape index (κ2) is 5.89. The fraction of sp³-hybridized carbons (Fsp3) is 0.250. The number of benzene rings is 1. The van der Waals surface area contributed by atoms with Gasteiger partial charge in [0.1, 0.15) is 5.75 Å². The molecule has 1 aromatic heterocycles. The van der Waals surface area contributed by atoms with Gasteiger partial charge in [-0.25, -0.2) is 5.84 Å². The smallest absolute Gasteiger partial charge is 0.328 e. The van der Waals surface area contributed by atoms with Gasteiger partial charge in [-0.3, -0.25) is 5.43 Å². The molecule has 3 N–H and O–H groups in total. The number of nitrogens with two attached hydrogens (primary N) is 1. The number of nitrogen functional groups attached to an aromatic ring is 1. The molecule has 1 heterocycles. The summed E-state index contributed by atoms with van der Waals surface area (Å²) in [5.41, 5.74) is 3.39. The highest BCUT2D eigenvalue weighted by Gasteiger charge is 2.11. The summed E-state index contributed by atoms with van der Waals surface area (Å²) in [5.74, 6) is 6.44. The number of rotatable bonds is 4. The van der Waals surface area contributed by atoms with Crippen molar-refractivity contribution in [2.45, 2.75) is 6.92 Å². The minimum Gasteiger partial charge on any atom is -0.423 e. The Morgan fingerprint density at radius 2 is 2.00 bits per heavy atom. The van der Waals surface area contributed by atoms with E-state index in [1.54, 1.807) is 31.1 Å². The fourth-order valence-electron chi connectivity index (χ4n) is 1.44. The third-order valence-corrected chi connectivity index (χ3v) is 2.73. The lowest BCUT2D eigenvalue weighted by Gasteiger charge is -2.13. The van der Waals surface area contributed by atoms with Crippen molar-refractivity contribution >= 4 is 23.5 Å². The van der Waals surface area contributed by atoms with Crippen LogP contribution in [0.15, 0.2) is 18.2 Å². The van der Waals surface area contributed by atoms with Crippen LogP contribution in [0, 0.1) is 6.92 Å². The maximum atomic E-state index is 6.08. The van der Waals surface area contributed by atoms with E-state index in [1.807, 2.05) is 13.0 Å². The highest BCUT2D eigenvalue weighted by Crippen LogP contribution is 2.29. The van der Waals surface area contributed by atoms with Crippen LogP contribution in [0.25, 0.3) is 0 Å². The summed E-state index contributed by atoms with van der Waals surface area (Å²) >= 11 is 6.08. The molecular weight excluding hydrogens is 280 g/mol. The molecule has 0 aliphatic heterocycles. The van der Waals surface area contributed by atoms with Gasteiger partial charge in [0.25, 0.3) is 0 Å². The average molecular weight is 295 g/mol. The van der Waals surface area contributed by atoms with Crippen LogP contribution >= 0.6 is 11.6 Å². The first-order valence-corrected chi connectivity index (χ1v) is 6.21. The van der Waals surface area contributed by atoms with E-state index in [-0.39, 0.29) is 12.0 Å². The van der Waals surface area contributed by atoms with Gasteiger partial charge in [0, 0.05) is 14.1 Å². The molecule has 8 heteroatoms. The van der Waals surface area contributed by atoms with Gasteiger partial charge in [0.05, 0.1) is 5.02 Å². The van der Waals surface area contributed by atoms with Gasteiger partial charge in [-0.15, -0.1) is 0 Å². The fourth-order valence-corrected chi connectivity index (χ4v) is 1.60. The van der Waals surface area contributed by atoms with E-state index in [9.17, 15) is 0 Å². The summed E-state index contributed by atoms with van der Waals surface area (Å²) < 4.78 is 5.61. The van der Waals surface area contributed by atoms with Crippen molar-refractivity contribution in [3.8, 4) is 11.8 Å². The summed E-state index contributed by atoms with van der Waals surface area (Å²) in [6.07, 6.45) is 0. The van der Waals surface area contributed by atoms with E-state index in [0.717, 1.165) is 5.56 Å². The molecule has 0 spiro atoms. The molecule has 0 saturated carbocycles. The van der Waals surface area contributed by atoms with Crippen molar-refractivity contribution in [1.82, 2.24) is 15.0 Å². The zero-order valence-electron chi connectivity index (χ0n) is 11.4. The molecule has 20 heavy (non-hydrogen) atoms. The monoisotopic (exact) mass is 294 g/mol. The Bertz CT molecular complexity index is 619. The number of hydrogen-bond acceptors (Lipinski definition) is 7. The predicted octanol–water partition coefficient (Wildman–Crippen LogP) is 1.98. The maximum Gasteiger partial charge on any atom is 0.328 e. The summed E-state index contributed by atoms with van der Waals surface area (Å²) in [5, 5.41) is 0.477. The van der Waals surface area contributed by atoms with Gasteiger partial charge in [0.15, 0.2) is 0 Å². The topological polar surface area (TPSA) is 89.2 Å². The summed E-state index contributed by atoms with van der Waals surface area (Å²) in [4.78, 5) is 14.0. The molecule has 0 unspecified atom stereocenters. The molecule has 0 fully saturated rings. The quantitative estimate of drug-likeness (QED) is 0.658. The minimum absolute atomic E-state index is 0.115. The highest BCUT2D eigenvalue weighted by molar-refractivity contribution is 6.32. The normalized spacial score (nSPS) is 10.2. The first-order valence-electron chi connectivity index (χ1n) is 5.83. The Kier molecular flexibility index (Phi) is 4.21. The molecule has 0 saturated heterocycles. The second-order valence-corrected chi connectivity index (χ2v) is 4.72. The Hall–Kier alpha value is -2.12. The number of aryl methyl sites for hydroxylation is 1. The van der Waals surface area contributed by atoms with Crippen LogP contribution in [0.1, 0.15) is 5.56 Å². The van der Waals surface area contributed by atoms with Crippen LogP contribution < -0.4 is 20.9 Å². The van der Waals surface area contributed by atoms with E-state index < -0.39 is 0 Å². The van der Waals surface area contributed by atoms with E-state index >= 15 is 0 Å². The Morgan fingerprint density at radius 1 is 1.25 bits per heavy atom. The zero-order valence-corrected chi connectivity index (χ0v) is 12.1. The minimum atomic E-state index is 0.115. The van der Waals surface area contributed by atoms with E-state index in [2.05, 4.69) is 20.4 Å². The van der Waals surface area contributed by atoms with Crippen molar-refractivity contribution in [2.24, 2.45) is 5.84 Å². The van der Waals surface area contributed by atoms with Crippen LogP contribution in [-0.2, 0) is 0 Å². The molecular formula is C12H15ClN6O. The molecule has 0 aliphatic carbocycles. The van der Waals surface area contributed by atoms with Crippen molar-refractivity contribution in [1.29, 1.82) is 0 Å². The van der Waals surface area contributed by atoms with Gasteiger partial charge in [-0.1, -0.05) is 17.7 Å². The SMILES string of the molecule is Cc1ccc(Cl)c(Oc2nc(NN)nc(N(C)C)n2)c1. The molecule has 7 nitrogen and oxygen atoms in total. The van der Waals surface area contributed by atoms with Gasteiger partial charge in [-0.2, -0.15) is 15.0 Å². The van der Waals surface area contributed by atoms with Crippen LogP contribution in [-0.4, -0.2) is 29.0 Å². The molecule has 0 atom stereocenters. The lowest BCUT2D eigenvalue weighted by molar-refractivity contribution is 0.440. The molecule has 0 bridgehead atoms. The van der Waals surface area contributed by atoms with Crippen molar-refractivity contribution in [3.05, 3.63) is 28.8 Å². The van der Waals surface area contributed by atoms with E-state index in [4.69, 9.17) is 22.2 Å². The number of anilines is 2. The lowest BCUT2D eigenvalue weighted by atomic mass is 10.2. The van der Waals surface area contributed by atoms with Crippen molar-refractivity contribution in [2.75, 3.05) is 24.4 Å². The summed E-state index contributed by atoms with van der Waals surface area (Å²) in [7, 11) is 3.61. The molecule has 0 radical (unpaired) electrons. The molecule has 1 aromatic carbocycles. The summed E-state index contributed by atoms with van der Waals surface area (Å²) in [6, 6.07) is 5.56. The number of hydrogen-bond donors (Lipinski definition) is 2. The molecule has 0 aliphatic rings. The van der Waals surface area contributed by atoms with Crippen LogP contribution in [0.4, 0.5) is 11.9 Å². The van der Waals surface area contributed by atoms with E-state index in [1.165, 1.54) is 0 Å². The Morgan fingerprint density at radius 3 is 2.65 bits per heavy atom. The van der Waals surface area contributed by atoms with E-state index in [0.29, 0.717) is 16.7 Å². The maximum absolute atomic E-state index is 6.08. The van der Waals surface area contributed by atoms with Crippen molar-refractivity contribution < 1.29 is 4.74 Å². The number of ether oxygens (including phenoxy) is 1. The molecule has 2 aromatic rings. The number of halogens is 1. The average Bonchev–Trinajstić information content (AvgIpc) is 2.42. The second-order valence-electron chi connectivity index (χ2n) is 4.32. The summed E-state index contributed by atoms with van der Waals surface area (Å²) in [6.45, 7) is 1.94. The zero-order chi connectivity index (χ0) is 14.7. The first kappa shape index (κ1) is 14.3. The van der Waals surface area contributed by atoms with Gasteiger partial charge in [-0.05, 0) is 24.6 Å². The van der Waals surface area contributed by atoms with Crippen LogP contribution in [0.5, 0.6) is 11.8 Å². The highest BCUT2D eigenvalue weighted by atomic mass is 35.5. The number of hydrazine groups is 1. The van der Waals surface area contributed by atoms with Crippen LogP contribution in [0.3, 0.4) is 0 Å². The Labute approximate surface area is 121 Å². The number of nitrogens with zero attached hydrogens (tertiary/aromatic N) is 4. The Balaban J connectivity index is 2.37. The van der Waals surface area contributed by atoms with Crippen molar-refractivity contribution in [3.63, 3.8) is 0 Å². The largest absolute Gasteiger partial charge is 0.423 e. The van der Waals surface area contributed by atoms with Gasteiger partial charge in [0.2, 0.25) is 11.9 Å². The van der Waals surface area contributed by atoms with Gasteiger partial charge < -0.3 is 9.64 Å². The van der Waals surface area contributed by atoms with Gasteiger partial charge >= 0.3 is 6.01 Å². The number of aromatic nitrogens is 3. The lowest BCUT2D eigenvalue weighted by Crippen LogP contribution is -2.17. The third-order valence-electron chi connectivity index (χ3n) is 2.42. The standard InChI is InChI=1S/C12H15ClN6O/c1-7-4-5-8(13)9(6-7)20-12-16-10(18-14)15-11(17-12)19(2)3/h4-6H,14H2,1-3H3,(H,15,16,17,18). The molecule has 0 amide bonds. The first-order chi connectivity index (χ1) is 9.49.